The number of rotatable bonds is 5. The maximum absolute atomic E-state index is 12.2. The minimum absolute atomic E-state index is 0.185. The Kier molecular flexibility index (Phi) is 4.79. The summed E-state index contributed by atoms with van der Waals surface area (Å²) in [4.78, 5) is 12.2. The quantitative estimate of drug-likeness (QED) is 0.750. The number of aromatic nitrogens is 2. The van der Waals surface area contributed by atoms with Crippen LogP contribution in [0.15, 0.2) is 54.7 Å². The summed E-state index contributed by atoms with van der Waals surface area (Å²) in [5, 5.41) is 12.3. The molecule has 3 aromatic rings. The first-order valence-corrected chi connectivity index (χ1v) is 8.14. The van der Waals surface area contributed by atoms with Gasteiger partial charge in [0.25, 0.3) is 0 Å². The average Bonchev–Trinajstić information content (AvgIpc) is 2.98. The van der Waals surface area contributed by atoms with Crippen molar-refractivity contribution in [3.63, 3.8) is 0 Å². The van der Waals surface area contributed by atoms with Crippen LogP contribution < -0.4 is 10.6 Å². The number of fused-ring (bicyclic) bond motifs is 1. The van der Waals surface area contributed by atoms with Crippen molar-refractivity contribution in [3.05, 3.63) is 60.4 Å². The molecule has 0 unspecified atom stereocenters. The molecule has 0 saturated heterocycles. The normalized spacial score (nSPS) is 12.1. The summed E-state index contributed by atoms with van der Waals surface area (Å²) in [7, 11) is 0. The summed E-state index contributed by atoms with van der Waals surface area (Å²) >= 11 is 0. The second kappa shape index (κ2) is 7.17. The zero-order valence-corrected chi connectivity index (χ0v) is 14.0. The van der Waals surface area contributed by atoms with Gasteiger partial charge < -0.3 is 10.6 Å². The van der Waals surface area contributed by atoms with Crippen LogP contribution in [0.5, 0.6) is 0 Å². The van der Waals surface area contributed by atoms with E-state index in [0.29, 0.717) is 12.5 Å². The zero-order chi connectivity index (χ0) is 16.9. The highest BCUT2D eigenvalue weighted by molar-refractivity contribution is 6.01. The number of carbonyl (C=O) groups excluding carboxylic acids is 1. The van der Waals surface area contributed by atoms with Crippen molar-refractivity contribution in [2.75, 3.05) is 11.9 Å². The number of amides is 2. The maximum Gasteiger partial charge on any atom is 0.319 e. The van der Waals surface area contributed by atoms with Gasteiger partial charge in [-0.15, -0.1) is 0 Å². The van der Waals surface area contributed by atoms with Crippen molar-refractivity contribution in [2.45, 2.75) is 20.4 Å². The number of carbonyl (C=O) groups is 1. The number of anilines is 1. The average molecular weight is 322 g/mol. The standard InChI is InChI=1S/C19H22N4O/c1-14(13-23-15(2)10-11-21-23)12-20-19(24)22-18-9-5-7-16-6-3-4-8-17(16)18/h3-11,14H,12-13H2,1-2H3,(H2,20,22,24)/t14-/m1/s1. The lowest BCUT2D eigenvalue weighted by molar-refractivity contribution is 0.249. The molecule has 1 heterocycles. The Hall–Kier alpha value is -2.82. The van der Waals surface area contributed by atoms with Gasteiger partial charge >= 0.3 is 6.03 Å². The number of aryl methyl sites for hydroxylation is 1. The van der Waals surface area contributed by atoms with Gasteiger partial charge in [0, 0.05) is 30.4 Å². The summed E-state index contributed by atoms with van der Waals surface area (Å²) in [6, 6.07) is 15.7. The van der Waals surface area contributed by atoms with E-state index >= 15 is 0 Å². The maximum atomic E-state index is 12.2. The molecule has 2 N–H and O–H groups in total. The molecular formula is C19H22N4O. The molecule has 2 amide bonds. The highest BCUT2D eigenvalue weighted by atomic mass is 16.2. The summed E-state index contributed by atoms with van der Waals surface area (Å²) in [6.45, 7) is 5.50. The van der Waals surface area contributed by atoms with Crippen LogP contribution in [0.2, 0.25) is 0 Å². The van der Waals surface area contributed by atoms with Gasteiger partial charge in [-0.05, 0) is 30.4 Å². The molecule has 5 heteroatoms. The largest absolute Gasteiger partial charge is 0.338 e. The van der Waals surface area contributed by atoms with E-state index in [0.717, 1.165) is 28.7 Å². The van der Waals surface area contributed by atoms with Crippen LogP contribution in [0.25, 0.3) is 10.8 Å². The second-order valence-corrected chi connectivity index (χ2v) is 6.12. The topological polar surface area (TPSA) is 59.0 Å². The lowest BCUT2D eigenvalue weighted by Gasteiger charge is -2.15. The number of benzene rings is 2. The van der Waals surface area contributed by atoms with E-state index in [9.17, 15) is 4.79 Å². The number of nitrogens with zero attached hydrogens (tertiary/aromatic N) is 2. The van der Waals surface area contributed by atoms with Crippen LogP contribution in [0, 0.1) is 12.8 Å². The Morgan fingerprint density at radius 3 is 2.75 bits per heavy atom. The molecule has 2 aromatic carbocycles. The Balaban J connectivity index is 1.56. The van der Waals surface area contributed by atoms with Crippen LogP contribution >= 0.6 is 0 Å². The zero-order valence-electron chi connectivity index (χ0n) is 14.0. The van der Waals surface area contributed by atoms with Crippen molar-refractivity contribution in [2.24, 2.45) is 5.92 Å². The first kappa shape index (κ1) is 16.1. The van der Waals surface area contributed by atoms with Crippen molar-refractivity contribution in [3.8, 4) is 0 Å². The van der Waals surface area contributed by atoms with Crippen LogP contribution in [0.4, 0.5) is 10.5 Å². The van der Waals surface area contributed by atoms with Gasteiger partial charge in [0.1, 0.15) is 0 Å². The number of urea groups is 1. The van der Waals surface area contributed by atoms with E-state index in [-0.39, 0.29) is 6.03 Å². The molecule has 0 fully saturated rings. The molecule has 3 rings (SSSR count). The summed E-state index contributed by atoms with van der Waals surface area (Å²) in [6.07, 6.45) is 1.79. The van der Waals surface area contributed by atoms with E-state index < -0.39 is 0 Å². The van der Waals surface area contributed by atoms with Crippen LogP contribution in [-0.4, -0.2) is 22.4 Å². The first-order valence-electron chi connectivity index (χ1n) is 8.14. The summed E-state index contributed by atoms with van der Waals surface area (Å²) < 4.78 is 1.95. The van der Waals surface area contributed by atoms with Crippen molar-refractivity contribution < 1.29 is 4.79 Å². The summed E-state index contributed by atoms with van der Waals surface area (Å²) in [5.74, 6) is 0.293. The van der Waals surface area contributed by atoms with Gasteiger partial charge in [0.15, 0.2) is 0 Å². The molecule has 0 aliphatic carbocycles. The van der Waals surface area contributed by atoms with Gasteiger partial charge in [-0.2, -0.15) is 5.10 Å². The van der Waals surface area contributed by atoms with Crippen molar-refractivity contribution >= 4 is 22.5 Å². The molecule has 124 valence electrons. The molecule has 0 saturated carbocycles. The predicted octanol–water partition coefficient (Wildman–Crippen LogP) is 3.80. The second-order valence-electron chi connectivity index (χ2n) is 6.12. The van der Waals surface area contributed by atoms with Gasteiger partial charge in [-0.1, -0.05) is 43.3 Å². The fraction of sp³-hybridized carbons (Fsp3) is 0.263. The third-order valence-electron chi connectivity index (χ3n) is 4.06. The third-order valence-corrected chi connectivity index (χ3v) is 4.06. The SMILES string of the molecule is Cc1ccnn1C[C@H](C)CNC(=O)Nc1cccc2ccccc12. The van der Waals surface area contributed by atoms with Crippen LogP contribution in [-0.2, 0) is 6.54 Å². The van der Waals surface area contributed by atoms with E-state index in [1.165, 1.54) is 0 Å². The fourth-order valence-corrected chi connectivity index (χ4v) is 2.72. The molecule has 0 radical (unpaired) electrons. The molecule has 24 heavy (non-hydrogen) atoms. The van der Waals surface area contributed by atoms with Gasteiger partial charge in [-0.3, -0.25) is 4.68 Å². The van der Waals surface area contributed by atoms with E-state index in [2.05, 4.69) is 22.7 Å². The Bertz CT molecular complexity index is 835. The molecule has 1 atom stereocenters. The molecular weight excluding hydrogens is 300 g/mol. The van der Waals surface area contributed by atoms with E-state index in [4.69, 9.17) is 0 Å². The van der Waals surface area contributed by atoms with Gasteiger partial charge in [0.05, 0.1) is 5.69 Å². The monoisotopic (exact) mass is 322 g/mol. The molecule has 0 bridgehead atoms. The Labute approximate surface area is 141 Å². The fourth-order valence-electron chi connectivity index (χ4n) is 2.72. The minimum atomic E-state index is -0.185. The molecule has 0 spiro atoms. The molecule has 0 aliphatic rings. The highest BCUT2D eigenvalue weighted by Gasteiger charge is 2.09. The van der Waals surface area contributed by atoms with Crippen molar-refractivity contribution in [1.29, 1.82) is 0 Å². The van der Waals surface area contributed by atoms with Crippen LogP contribution in [0.3, 0.4) is 0 Å². The number of hydrogen-bond donors (Lipinski definition) is 2. The molecule has 0 aliphatic heterocycles. The third kappa shape index (κ3) is 3.74. The van der Waals surface area contributed by atoms with Crippen LogP contribution in [0.1, 0.15) is 12.6 Å². The smallest absolute Gasteiger partial charge is 0.319 e. The van der Waals surface area contributed by atoms with E-state index in [1.807, 2.05) is 60.1 Å². The summed E-state index contributed by atoms with van der Waals surface area (Å²) in [5.41, 5.74) is 1.95. The Morgan fingerprint density at radius 1 is 1.17 bits per heavy atom. The number of hydrogen-bond acceptors (Lipinski definition) is 2. The van der Waals surface area contributed by atoms with Gasteiger partial charge in [0.2, 0.25) is 0 Å². The lowest BCUT2D eigenvalue weighted by Crippen LogP contribution is -2.33. The Morgan fingerprint density at radius 2 is 1.96 bits per heavy atom. The molecule has 1 aromatic heterocycles. The predicted molar refractivity (Wildman–Crippen MR) is 97.1 cm³/mol. The number of nitrogens with one attached hydrogen (secondary N) is 2. The van der Waals surface area contributed by atoms with Crippen molar-refractivity contribution in [1.82, 2.24) is 15.1 Å². The molecule has 5 nitrogen and oxygen atoms in total. The minimum Gasteiger partial charge on any atom is -0.338 e. The first-order chi connectivity index (χ1) is 11.6. The highest BCUT2D eigenvalue weighted by Crippen LogP contribution is 2.22. The van der Waals surface area contributed by atoms with Gasteiger partial charge in [-0.25, -0.2) is 4.79 Å². The van der Waals surface area contributed by atoms with E-state index in [1.54, 1.807) is 6.20 Å². The lowest BCUT2D eigenvalue weighted by atomic mass is 10.1.